The molecule has 0 aromatic heterocycles. The predicted octanol–water partition coefficient (Wildman–Crippen LogP) is 4.91. The lowest BCUT2D eigenvalue weighted by Gasteiger charge is -2.22. The Morgan fingerprint density at radius 1 is 0.818 bits per heavy atom. The smallest absolute Gasteiger partial charge is 0.307 e. The summed E-state index contributed by atoms with van der Waals surface area (Å²) in [6, 6.07) is 4.22. The first kappa shape index (κ1) is 18.7. The van der Waals surface area contributed by atoms with Crippen molar-refractivity contribution < 1.29 is 9.90 Å². The molecule has 1 N–H and O–H groups in total. The monoisotopic (exact) mass is 304 g/mol. The van der Waals surface area contributed by atoms with Gasteiger partial charge in [-0.3, -0.25) is 4.79 Å². The molecule has 0 fully saturated rings. The topological polar surface area (TPSA) is 37.3 Å². The number of carbonyl (C=O) groups is 1. The Labute approximate surface area is 135 Å². The molecule has 1 rings (SSSR count). The molecule has 2 nitrogen and oxygen atoms in total. The highest BCUT2D eigenvalue weighted by Crippen LogP contribution is 2.27. The van der Waals surface area contributed by atoms with Crippen LogP contribution in [0.25, 0.3) is 0 Å². The van der Waals surface area contributed by atoms with Gasteiger partial charge in [-0.15, -0.1) is 0 Å². The lowest BCUT2D eigenvalue weighted by atomic mass is 9.83. The molecule has 0 saturated carbocycles. The molecule has 0 aliphatic rings. The van der Waals surface area contributed by atoms with Crippen molar-refractivity contribution >= 4 is 5.97 Å². The fraction of sp³-hybridized carbons (Fsp3) is 0.650. The number of carboxylic acids is 1. The minimum atomic E-state index is -0.739. The highest BCUT2D eigenvalue weighted by atomic mass is 16.4. The predicted molar refractivity (Wildman–Crippen MR) is 93.4 cm³/mol. The van der Waals surface area contributed by atoms with Crippen molar-refractivity contribution in [3.05, 3.63) is 34.4 Å². The van der Waals surface area contributed by atoms with Crippen molar-refractivity contribution in [2.24, 2.45) is 17.8 Å². The van der Waals surface area contributed by atoms with E-state index >= 15 is 0 Å². The van der Waals surface area contributed by atoms with Crippen LogP contribution in [0.2, 0.25) is 0 Å². The lowest BCUT2D eigenvalue weighted by Crippen LogP contribution is -2.13. The Morgan fingerprint density at radius 2 is 1.23 bits per heavy atom. The average Bonchev–Trinajstić information content (AvgIpc) is 2.34. The Morgan fingerprint density at radius 3 is 1.64 bits per heavy atom. The van der Waals surface area contributed by atoms with Crippen LogP contribution >= 0.6 is 0 Å². The summed E-state index contributed by atoms with van der Waals surface area (Å²) < 4.78 is 0. The molecule has 0 bridgehead atoms. The molecule has 0 aliphatic heterocycles. The molecule has 0 spiro atoms. The Balaban J connectivity index is 3.39. The van der Waals surface area contributed by atoms with Gasteiger partial charge in [0.05, 0.1) is 6.42 Å². The molecule has 0 radical (unpaired) electrons. The molecular formula is C20H32O2. The van der Waals surface area contributed by atoms with Gasteiger partial charge in [-0.2, -0.15) is 0 Å². The number of hydrogen-bond donors (Lipinski definition) is 1. The highest BCUT2D eigenvalue weighted by molar-refractivity contribution is 5.71. The quantitative estimate of drug-likeness (QED) is 0.741. The zero-order valence-electron chi connectivity index (χ0n) is 15.1. The lowest BCUT2D eigenvalue weighted by molar-refractivity contribution is -0.136. The van der Waals surface area contributed by atoms with Crippen molar-refractivity contribution in [1.82, 2.24) is 0 Å². The van der Waals surface area contributed by atoms with Crippen LogP contribution in [0.4, 0.5) is 0 Å². The maximum atomic E-state index is 11.2. The van der Waals surface area contributed by atoms with Crippen LogP contribution < -0.4 is 0 Å². The van der Waals surface area contributed by atoms with Crippen LogP contribution in [0, 0.1) is 17.8 Å². The summed E-state index contributed by atoms with van der Waals surface area (Å²) >= 11 is 0. The second-order valence-electron chi connectivity index (χ2n) is 7.71. The summed E-state index contributed by atoms with van der Waals surface area (Å²) in [4.78, 5) is 11.2. The van der Waals surface area contributed by atoms with E-state index in [-0.39, 0.29) is 6.42 Å². The molecule has 2 heteroatoms. The highest BCUT2D eigenvalue weighted by Gasteiger charge is 2.17. The second-order valence-corrected chi connectivity index (χ2v) is 7.71. The van der Waals surface area contributed by atoms with E-state index in [1.165, 1.54) is 16.7 Å². The van der Waals surface area contributed by atoms with E-state index in [9.17, 15) is 9.90 Å². The Kier molecular flexibility index (Phi) is 7.12. The van der Waals surface area contributed by atoms with Gasteiger partial charge < -0.3 is 5.11 Å². The maximum Gasteiger partial charge on any atom is 0.307 e. The number of aliphatic carboxylic acids is 1. The van der Waals surface area contributed by atoms with Crippen LogP contribution in [0.5, 0.6) is 0 Å². The normalized spacial score (nSPS) is 11.7. The Hall–Kier alpha value is -1.31. The van der Waals surface area contributed by atoms with E-state index in [0.717, 1.165) is 24.8 Å². The molecule has 22 heavy (non-hydrogen) atoms. The van der Waals surface area contributed by atoms with Crippen molar-refractivity contribution in [3.8, 4) is 0 Å². The number of hydrogen-bond acceptors (Lipinski definition) is 1. The minimum Gasteiger partial charge on any atom is -0.481 e. The third kappa shape index (κ3) is 5.82. The third-order valence-corrected chi connectivity index (χ3v) is 3.82. The van der Waals surface area contributed by atoms with Gasteiger partial charge in [-0.05, 0) is 59.3 Å². The molecule has 0 atom stereocenters. The molecule has 0 saturated heterocycles. The van der Waals surface area contributed by atoms with Crippen LogP contribution in [0.15, 0.2) is 12.1 Å². The first-order valence-electron chi connectivity index (χ1n) is 8.55. The summed E-state index contributed by atoms with van der Waals surface area (Å²) in [6.07, 6.45) is 3.21. The van der Waals surface area contributed by atoms with Gasteiger partial charge in [0, 0.05) is 0 Å². The molecule has 124 valence electrons. The fourth-order valence-electron chi connectivity index (χ4n) is 3.07. The van der Waals surface area contributed by atoms with E-state index in [1.54, 1.807) is 0 Å². The maximum absolute atomic E-state index is 11.2. The van der Waals surface area contributed by atoms with E-state index in [2.05, 4.69) is 47.6 Å². The van der Waals surface area contributed by atoms with Gasteiger partial charge in [-0.25, -0.2) is 0 Å². The first-order valence-corrected chi connectivity index (χ1v) is 8.55. The average molecular weight is 304 g/mol. The van der Waals surface area contributed by atoms with E-state index in [4.69, 9.17) is 0 Å². The first-order chi connectivity index (χ1) is 10.2. The third-order valence-electron chi connectivity index (χ3n) is 3.82. The van der Waals surface area contributed by atoms with Gasteiger partial charge >= 0.3 is 5.97 Å². The summed E-state index contributed by atoms with van der Waals surface area (Å²) in [6.45, 7) is 13.4. The molecule has 1 aromatic carbocycles. The Bertz CT molecular complexity index is 499. The number of carboxylic acid groups (broad SMARTS) is 1. The SMILES string of the molecule is CC(C)Cc1ccc(CC(=O)O)c(CC(C)C)c1CC(C)C. The number of benzene rings is 1. The van der Waals surface area contributed by atoms with Gasteiger partial charge in [0.2, 0.25) is 0 Å². The molecule has 0 unspecified atom stereocenters. The summed E-state index contributed by atoms with van der Waals surface area (Å²) in [5.74, 6) is 0.991. The van der Waals surface area contributed by atoms with Gasteiger partial charge in [0.25, 0.3) is 0 Å². The summed E-state index contributed by atoms with van der Waals surface area (Å²) in [7, 11) is 0. The molecule has 1 aromatic rings. The van der Waals surface area contributed by atoms with Crippen LogP contribution in [0.3, 0.4) is 0 Å². The molecule has 0 amide bonds. The van der Waals surface area contributed by atoms with Crippen molar-refractivity contribution in [3.63, 3.8) is 0 Å². The van der Waals surface area contributed by atoms with Crippen molar-refractivity contribution in [2.75, 3.05) is 0 Å². The molecule has 0 heterocycles. The van der Waals surface area contributed by atoms with Crippen LogP contribution in [-0.4, -0.2) is 11.1 Å². The van der Waals surface area contributed by atoms with Crippen molar-refractivity contribution in [1.29, 1.82) is 0 Å². The van der Waals surface area contributed by atoms with E-state index < -0.39 is 5.97 Å². The zero-order chi connectivity index (χ0) is 16.9. The largest absolute Gasteiger partial charge is 0.481 e. The van der Waals surface area contributed by atoms with Gasteiger partial charge in [0.1, 0.15) is 0 Å². The molecular weight excluding hydrogens is 272 g/mol. The van der Waals surface area contributed by atoms with Gasteiger partial charge in [0.15, 0.2) is 0 Å². The number of rotatable bonds is 8. The fourth-order valence-corrected chi connectivity index (χ4v) is 3.07. The van der Waals surface area contributed by atoms with Gasteiger partial charge in [-0.1, -0.05) is 53.7 Å². The van der Waals surface area contributed by atoms with E-state index in [0.29, 0.717) is 17.8 Å². The minimum absolute atomic E-state index is 0.134. The standard InChI is InChI=1S/C20H32O2/c1-13(2)9-16-7-8-17(12-20(21)22)19(11-15(5)6)18(16)10-14(3)4/h7-8,13-15H,9-12H2,1-6H3,(H,21,22). The molecule has 0 aliphatic carbocycles. The summed E-state index contributed by atoms with van der Waals surface area (Å²) in [5.41, 5.74) is 5.12. The van der Waals surface area contributed by atoms with Crippen LogP contribution in [0.1, 0.15) is 63.8 Å². The zero-order valence-corrected chi connectivity index (χ0v) is 15.1. The van der Waals surface area contributed by atoms with Crippen molar-refractivity contribution in [2.45, 2.75) is 67.2 Å². The second kappa shape index (κ2) is 8.36. The van der Waals surface area contributed by atoms with E-state index in [1.807, 2.05) is 6.07 Å². The summed E-state index contributed by atoms with van der Waals surface area (Å²) in [5, 5.41) is 9.21. The van der Waals surface area contributed by atoms with Crippen LogP contribution in [-0.2, 0) is 30.5 Å².